The molecule has 0 atom stereocenters. The van der Waals surface area contributed by atoms with Gasteiger partial charge in [-0.1, -0.05) is 93.6 Å². The fourth-order valence-corrected chi connectivity index (χ4v) is 6.09. The standard InChI is InChI=1S/C36H40N4O2/c1-36(2,3)19-21-40-32-18-20-39(23-27-16-17-33(42-4)30-15-8-7-14-29(27)30)24-31(32)34(38-40)35(41)37-22-26-12-9-11-25-10-5-6-13-28(25)26/h5-17H,18-24H2,1-4H3,(H,37,41). The van der Waals surface area contributed by atoms with Gasteiger partial charge in [-0.25, -0.2) is 0 Å². The SMILES string of the molecule is COc1ccc(CN2CCc3c(c(C(=O)NCc4cccc5ccccc45)nn3CCC(C)(C)C)C2)c2ccccc12. The van der Waals surface area contributed by atoms with E-state index in [0.717, 1.165) is 60.1 Å². The zero-order chi connectivity index (χ0) is 29.3. The van der Waals surface area contributed by atoms with Crippen LogP contribution in [-0.2, 0) is 32.6 Å². The lowest BCUT2D eigenvalue weighted by molar-refractivity contribution is 0.0942. The van der Waals surface area contributed by atoms with Gasteiger partial charge in [0.1, 0.15) is 5.75 Å². The van der Waals surface area contributed by atoms with E-state index in [1.54, 1.807) is 7.11 Å². The molecule has 216 valence electrons. The summed E-state index contributed by atoms with van der Waals surface area (Å²) >= 11 is 0. The highest BCUT2D eigenvalue weighted by Crippen LogP contribution is 2.31. The smallest absolute Gasteiger partial charge is 0.272 e. The molecule has 0 fully saturated rings. The van der Waals surface area contributed by atoms with E-state index in [1.807, 2.05) is 18.2 Å². The molecule has 0 unspecified atom stereocenters. The van der Waals surface area contributed by atoms with Crippen LogP contribution in [0, 0.1) is 5.41 Å². The number of nitrogens with zero attached hydrogens (tertiary/aromatic N) is 3. The van der Waals surface area contributed by atoms with Crippen LogP contribution in [0.4, 0.5) is 0 Å². The molecule has 1 N–H and O–H groups in total. The van der Waals surface area contributed by atoms with Gasteiger partial charge in [0.2, 0.25) is 0 Å². The minimum Gasteiger partial charge on any atom is -0.496 e. The summed E-state index contributed by atoms with van der Waals surface area (Å²) in [5, 5.41) is 12.8. The van der Waals surface area contributed by atoms with E-state index in [9.17, 15) is 4.79 Å². The van der Waals surface area contributed by atoms with Crippen molar-refractivity contribution in [2.45, 2.75) is 59.8 Å². The summed E-state index contributed by atoms with van der Waals surface area (Å²) in [5.74, 6) is 0.783. The number of nitrogens with one attached hydrogen (secondary N) is 1. The molecule has 6 heteroatoms. The van der Waals surface area contributed by atoms with Crippen molar-refractivity contribution in [3.63, 3.8) is 0 Å². The van der Waals surface area contributed by atoms with Crippen LogP contribution in [-0.4, -0.2) is 34.2 Å². The Balaban J connectivity index is 1.27. The van der Waals surface area contributed by atoms with Gasteiger partial charge < -0.3 is 10.1 Å². The molecule has 0 saturated carbocycles. The third-order valence-electron chi connectivity index (χ3n) is 8.41. The maximum absolute atomic E-state index is 13.7. The summed E-state index contributed by atoms with van der Waals surface area (Å²) < 4.78 is 7.72. The van der Waals surface area contributed by atoms with Crippen LogP contribution in [0.3, 0.4) is 0 Å². The number of benzene rings is 4. The number of ether oxygens (including phenoxy) is 1. The van der Waals surface area contributed by atoms with Crippen LogP contribution in [0.5, 0.6) is 5.75 Å². The summed E-state index contributed by atoms with van der Waals surface area (Å²) in [6.07, 6.45) is 1.87. The van der Waals surface area contributed by atoms with Crippen molar-refractivity contribution in [2.75, 3.05) is 13.7 Å². The van der Waals surface area contributed by atoms with E-state index < -0.39 is 0 Å². The molecular formula is C36H40N4O2. The van der Waals surface area contributed by atoms with Crippen LogP contribution in [0.15, 0.2) is 78.9 Å². The van der Waals surface area contributed by atoms with Crippen molar-refractivity contribution in [2.24, 2.45) is 5.41 Å². The van der Waals surface area contributed by atoms with E-state index in [1.165, 1.54) is 22.0 Å². The summed E-state index contributed by atoms with van der Waals surface area (Å²) in [5.41, 5.74) is 5.37. The highest BCUT2D eigenvalue weighted by molar-refractivity contribution is 5.95. The van der Waals surface area contributed by atoms with E-state index in [0.29, 0.717) is 18.8 Å². The molecule has 1 aromatic heterocycles. The molecular weight excluding hydrogens is 520 g/mol. The first-order chi connectivity index (χ1) is 20.3. The van der Waals surface area contributed by atoms with Gasteiger partial charge in [-0.3, -0.25) is 14.4 Å². The summed E-state index contributed by atoms with van der Waals surface area (Å²) in [4.78, 5) is 16.2. The molecule has 5 aromatic rings. The van der Waals surface area contributed by atoms with Gasteiger partial charge in [0.15, 0.2) is 5.69 Å². The molecule has 1 amide bonds. The van der Waals surface area contributed by atoms with Crippen molar-refractivity contribution in [3.8, 4) is 5.75 Å². The Bertz CT molecular complexity index is 1740. The van der Waals surface area contributed by atoms with Gasteiger partial charge in [-0.15, -0.1) is 0 Å². The third-order valence-corrected chi connectivity index (χ3v) is 8.41. The van der Waals surface area contributed by atoms with Crippen LogP contribution in [0.1, 0.15) is 60.1 Å². The molecule has 0 saturated heterocycles. The number of aromatic nitrogens is 2. The first kappa shape index (κ1) is 28.0. The Kier molecular flexibility index (Phi) is 7.74. The first-order valence-electron chi connectivity index (χ1n) is 14.9. The Labute approximate surface area is 248 Å². The van der Waals surface area contributed by atoms with Crippen molar-refractivity contribution >= 4 is 27.5 Å². The quantitative estimate of drug-likeness (QED) is 0.220. The van der Waals surface area contributed by atoms with Crippen molar-refractivity contribution in [3.05, 3.63) is 107 Å². The van der Waals surface area contributed by atoms with Gasteiger partial charge in [0, 0.05) is 55.8 Å². The number of aryl methyl sites for hydroxylation is 1. The van der Waals surface area contributed by atoms with Gasteiger partial charge in [-0.05, 0) is 45.2 Å². The van der Waals surface area contributed by atoms with Crippen molar-refractivity contribution in [1.29, 1.82) is 0 Å². The van der Waals surface area contributed by atoms with E-state index in [4.69, 9.17) is 9.84 Å². The molecule has 2 heterocycles. The second-order valence-electron chi connectivity index (χ2n) is 12.6. The Morgan fingerprint density at radius 3 is 2.43 bits per heavy atom. The predicted octanol–water partition coefficient (Wildman–Crippen LogP) is 7.12. The van der Waals surface area contributed by atoms with Crippen LogP contribution < -0.4 is 10.1 Å². The van der Waals surface area contributed by atoms with Crippen molar-refractivity contribution in [1.82, 2.24) is 20.0 Å². The fraction of sp³-hybridized carbons (Fsp3) is 0.333. The lowest BCUT2D eigenvalue weighted by atomic mass is 9.92. The summed E-state index contributed by atoms with van der Waals surface area (Å²) in [6.45, 7) is 10.4. The number of hydrogen-bond donors (Lipinski definition) is 1. The zero-order valence-corrected chi connectivity index (χ0v) is 25.1. The Hall–Kier alpha value is -4.16. The number of methoxy groups -OCH3 is 1. The zero-order valence-electron chi connectivity index (χ0n) is 25.1. The number of fused-ring (bicyclic) bond motifs is 3. The fourth-order valence-electron chi connectivity index (χ4n) is 6.09. The maximum Gasteiger partial charge on any atom is 0.272 e. The maximum atomic E-state index is 13.7. The topological polar surface area (TPSA) is 59.4 Å². The lowest BCUT2D eigenvalue weighted by Crippen LogP contribution is -2.32. The number of carbonyl (C=O) groups is 1. The van der Waals surface area contributed by atoms with Crippen LogP contribution in [0.25, 0.3) is 21.5 Å². The second-order valence-corrected chi connectivity index (χ2v) is 12.6. The summed E-state index contributed by atoms with van der Waals surface area (Å²) in [6, 6.07) is 27.2. The average Bonchev–Trinajstić information content (AvgIpc) is 3.36. The number of hydrogen-bond acceptors (Lipinski definition) is 4. The molecule has 0 spiro atoms. The number of amides is 1. The van der Waals surface area contributed by atoms with E-state index >= 15 is 0 Å². The largest absolute Gasteiger partial charge is 0.496 e. The van der Waals surface area contributed by atoms with Gasteiger partial charge in [0.25, 0.3) is 5.91 Å². The first-order valence-corrected chi connectivity index (χ1v) is 14.9. The molecule has 6 rings (SSSR count). The van der Waals surface area contributed by atoms with Crippen molar-refractivity contribution < 1.29 is 9.53 Å². The molecule has 6 nitrogen and oxygen atoms in total. The Morgan fingerprint density at radius 1 is 0.905 bits per heavy atom. The van der Waals surface area contributed by atoms with E-state index in [2.05, 4.69) is 96.3 Å². The molecule has 1 aliphatic rings. The highest BCUT2D eigenvalue weighted by Gasteiger charge is 2.29. The minimum atomic E-state index is -0.106. The molecule has 0 aliphatic carbocycles. The van der Waals surface area contributed by atoms with Gasteiger partial charge >= 0.3 is 0 Å². The average molecular weight is 561 g/mol. The third kappa shape index (κ3) is 5.77. The predicted molar refractivity (Wildman–Crippen MR) is 170 cm³/mol. The molecule has 42 heavy (non-hydrogen) atoms. The normalized spacial score (nSPS) is 13.8. The Morgan fingerprint density at radius 2 is 1.64 bits per heavy atom. The van der Waals surface area contributed by atoms with Crippen LogP contribution >= 0.6 is 0 Å². The number of carbonyl (C=O) groups excluding carboxylic acids is 1. The van der Waals surface area contributed by atoms with Crippen LogP contribution in [0.2, 0.25) is 0 Å². The molecule has 4 aromatic carbocycles. The summed E-state index contributed by atoms with van der Waals surface area (Å²) in [7, 11) is 1.72. The van der Waals surface area contributed by atoms with E-state index in [-0.39, 0.29) is 11.3 Å². The van der Waals surface area contributed by atoms with Gasteiger partial charge in [0.05, 0.1) is 7.11 Å². The van der Waals surface area contributed by atoms with Gasteiger partial charge in [-0.2, -0.15) is 5.10 Å². The monoisotopic (exact) mass is 560 g/mol. The highest BCUT2D eigenvalue weighted by atomic mass is 16.5. The molecule has 0 bridgehead atoms. The molecule has 0 radical (unpaired) electrons. The second kappa shape index (κ2) is 11.6. The number of rotatable bonds is 8. The molecule has 1 aliphatic heterocycles. The lowest BCUT2D eigenvalue weighted by Gasteiger charge is -2.28. The minimum absolute atomic E-state index is 0.106.